The zero-order chi connectivity index (χ0) is 18.1. The largest absolute Gasteiger partial charge is 0.462 e. The number of nitrogens with zero attached hydrogens (tertiary/aromatic N) is 1. The molecule has 2 aromatic heterocycles. The third-order valence-electron chi connectivity index (χ3n) is 4.47. The number of nitrogens with one attached hydrogen (secondary N) is 1. The van der Waals surface area contributed by atoms with E-state index in [9.17, 15) is 9.59 Å². The zero-order valence-electron chi connectivity index (χ0n) is 14.3. The van der Waals surface area contributed by atoms with Gasteiger partial charge in [-0.3, -0.25) is 4.79 Å². The van der Waals surface area contributed by atoms with Crippen LogP contribution in [0.3, 0.4) is 0 Å². The van der Waals surface area contributed by atoms with Crippen molar-refractivity contribution >= 4 is 39.3 Å². The molecule has 0 radical (unpaired) electrons. The number of rotatable bonds is 4. The van der Waals surface area contributed by atoms with E-state index in [4.69, 9.17) is 9.15 Å². The van der Waals surface area contributed by atoms with E-state index < -0.39 is 0 Å². The summed E-state index contributed by atoms with van der Waals surface area (Å²) in [6, 6.07) is 5.06. The maximum absolute atomic E-state index is 12.7. The van der Waals surface area contributed by atoms with Gasteiger partial charge in [-0.2, -0.15) is 0 Å². The van der Waals surface area contributed by atoms with E-state index in [-0.39, 0.29) is 11.9 Å². The maximum Gasteiger partial charge on any atom is 0.341 e. The molecule has 7 heteroatoms. The van der Waals surface area contributed by atoms with Gasteiger partial charge in [-0.25, -0.2) is 9.78 Å². The van der Waals surface area contributed by atoms with Gasteiger partial charge in [0.2, 0.25) is 0 Å². The summed E-state index contributed by atoms with van der Waals surface area (Å²) in [4.78, 5) is 30.4. The summed E-state index contributed by atoms with van der Waals surface area (Å²) >= 11 is 1.48. The lowest BCUT2D eigenvalue weighted by Crippen LogP contribution is -2.15. The van der Waals surface area contributed by atoms with Crippen LogP contribution in [0.1, 0.15) is 50.9 Å². The molecule has 0 saturated carbocycles. The van der Waals surface area contributed by atoms with Gasteiger partial charge < -0.3 is 14.5 Å². The number of fused-ring (bicyclic) bond motifs is 2. The fourth-order valence-corrected chi connectivity index (χ4v) is 4.52. The first-order valence-corrected chi connectivity index (χ1v) is 9.45. The minimum absolute atomic E-state index is 0.279. The average Bonchev–Trinajstić information content (AvgIpc) is 3.25. The SMILES string of the molecule is CCOC(=O)c1c(NC(=O)c2ccc3ocnc3c2)sc2c1CCCC2. The van der Waals surface area contributed by atoms with Gasteiger partial charge in [0.25, 0.3) is 5.91 Å². The summed E-state index contributed by atoms with van der Waals surface area (Å²) in [5.41, 5.74) is 3.26. The first-order valence-electron chi connectivity index (χ1n) is 8.63. The van der Waals surface area contributed by atoms with Crippen molar-refractivity contribution in [2.75, 3.05) is 11.9 Å². The zero-order valence-corrected chi connectivity index (χ0v) is 15.1. The number of carbonyl (C=O) groups excluding carboxylic acids is 2. The predicted octanol–water partition coefficient (Wildman–Crippen LogP) is 4.20. The summed E-state index contributed by atoms with van der Waals surface area (Å²) in [5.74, 6) is -0.645. The third kappa shape index (κ3) is 2.99. The van der Waals surface area contributed by atoms with Crippen molar-refractivity contribution in [1.82, 2.24) is 4.98 Å². The molecule has 0 spiro atoms. The van der Waals surface area contributed by atoms with E-state index in [1.807, 2.05) is 0 Å². The molecule has 1 aliphatic rings. The van der Waals surface area contributed by atoms with Crippen molar-refractivity contribution in [3.8, 4) is 0 Å². The number of thiophene rings is 1. The minimum atomic E-state index is -0.367. The number of esters is 1. The van der Waals surface area contributed by atoms with E-state index >= 15 is 0 Å². The molecule has 0 fully saturated rings. The highest BCUT2D eigenvalue weighted by Crippen LogP contribution is 2.38. The molecule has 3 aromatic rings. The van der Waals surface area contributed by atoms with Gasteiger partial charge in [-0.1, -0.05) is 0 Å². The number of hydrogen-bond donors (Lipinski definition) is 1. The Bertz CT molecular complexity index is 989. The van der Waals surface area contributed by atoms with Gasteiger partial charge in [0, 0.05) is 10.4 Å². The van der Waals surface area contributed by atoms with Crippen molar-refractivity contribution in [2.45, 2.75) is 32.6 Å². The molecule has 6 nitrogen and oxygen atoms in total. The van der Waals surface area contributed by atoms with Gasteiger partial charge in [0.05, 0.1) is 12.2 Å². The second kappa shape index (κ2) is 6.92. The molecule has 1 amide bonds. The van der Waals surface area contributed by atoms with Gasteiger partial charge in [-0.05, 0) is 56.4 Å². The Balaban J connectivity index is 1.67. The van der Waals surface area contributed by atoms with E-state index in [1.165, 1.54) is 22.6 Å². The summed E-state index contributed by atoms with van der Waals surface area (Å²) < 4.78 is 10.4. The number of hydrogen-bond acceptors (Lipinski definition) is 6. The van der Waals surface area contributed by atoms with Gasteiger partial charge >= 0.3 is 5.97 Å². The first kappa shape index (κ1) is 16.8. The third-order valence-corrected chi connectivity index (χ3v) is 5.68. The predicted molar refractivity (Wildman–Crippen MR) is 98.9 cm³/mol. The van der Waals surface area contributed by atoms with Crippen LogP contribution in [-0.2, 0) is 17.6 Å². The molecule has 4 rings (SSSR count). The first-order chi connectivity index (χ1) is 12.7. The van der Waals surface area contributed by atoms with E-state index in [0.29, 0.717) is 33.8 Å². The van der Waals surface area contributed by atoms with Crippen molar-refractivity contribution in [1.29, 1.82) is 0 Å². The molecule has 0 atom stereocenters. The van der Waals surface area contributed by atoms with Crippen LogP contribution in [0.25, 0.3) is 11.1 Å². The number of ether oxygens (including phenoxy) is 1. The summed E-state index contributed by atoms with van der Waals surface area (Å²) in [6.07, 6.45) is 5.28. The Morgan fingerprint density at radius 1 is 1.31 bits per heavy atom. The standard InChI is InChI=1S/C19H18N2O4S/c1-2-24-19(23)16-12-5-3-4-6-15(12)26-18(16)21-17(22)11-7-8-14-13(9-11)20-10-25-14/h7-10H,2-6H2,1H3,(H,21,22). The summed E-state index contributed by atoms with van der Waals surface area (Å²) in [6.45, 7) is 2.09. The van der Waals surface area contributed by atoms with Gasteiger partial charge in [0.15, 0.2) is 12.0 Å². The van der Waals surface area contributed by atoms with Crippen molar-refractivity contribution < 1.29 is 18.7 Å². The summed E-state index contributed by atoms with van der Waals surface area (Å²) in [7, 11) is 0. The Morgan fingerprint density at radius 2 is 2.15 bits per heavy atom. The van der Waals surface area contributed by atoms with Crippen LogP contribution in [-0.4, -0.2) is 23.5 Å². The number of aromatic nitrogens is 1. The lowest BCUT2D eigenvalue weighted by atomic mass is 9.95. The number of oxazole rings is 1. The van der Waals surface area contributed by atoms with Crippen LogP contribution in [0, 0.1) is 0 Å². The second-order valence-corrected chi connectivity index (χ2v) is 7.23. The highest BCUT2D eigenvalue weighted by atomic mass is 32.1. The van der Waals surface area contributed by atoms with E-state index in [1.54, 1.807) is 25.1 Å². The lowest BCUT2D eigenvalue weighted by Gasteiger charge is -2.12. The summed E-state index contributed by atoms with van der Waals surface area (Å²) in [5, 5.41) is 3.47. The van der Waals surface area contributed by atoms with Crippen LogP contribution in [0.5, 0.6) is 0 Å². The lowest BCUT2D eigenvalue weighted by molar-refractivity contribution is 0.0526. The minimum Gasteiger partial charge on any atom is -0.462 e. The molecule has 0 bridgehead atoms. The number of amides is 1. The number of benzene rings is 1. The van der Waals surface area contributed by atoms with Crippen molar-refractivity contribution in [3.63, 3.8) is 0 Å². The quantitative estimate of drug-likeness (QED) is 0.696. The molecule has 0 unspecified atom stereocenters. The molecule has 0 aliphatic heterocycles. The highest BCUT2D eigenvalue weighted by molar-refractivity contribution is 7.17. The molecular weight excluding hydrogens is 352 g/mol. The maximum atomic E-state index is 12.7. The molecule has 1 N–H and O–H groups in total. The van der Waals surface area contributed by atoms with Crippen LogP contribution >= 0.6 is 11.3 Å². The van der Waals surface area contributed by atoms with Crippen molar-refractivity contribution in [2.24, 2.45) is 0 Å². The van der Waals surface area contributed by atoms with Crippen LogP contribution < -0.4 is 5.32 Å². The molecule has 1 aromatic carbocycles. The van der Waals surface area contributed by atoms with Gasteiger partial charge in [0.1, 0.15) is 10.5 Å². The Kier molecular flexibility index (Phi) is 4.46. The number of aryl methyl sites for hydroxylation is 1. The Morgan fingerprint density at radius 3 is 3.00 bits per heavy atom. The smallest absolute Gasteiger partial charge is 0.341 e. The fraction of sp³-hybridized carbons (Fsp3) is 0.316. The van der Waals surface area contributed by atoms with Crippen LogP contribution in [0.15, 0.2) is 29.0 Å². The molecule has 2 heterocycles. The second-order valence-electron chi connectivity index (χ2n) is 6.12. The molecule has 1 aliphatic carbocycles. The van der Waals surface area contributed by atoms with Gasteiger partial charge in [-0.15, -0.1) is 11.3 Å². The Labute approximate surface area is 154 Å². The molecule has 134 valence electrons. The average molecular weight is 370 g/mol. The molecule has 0 saturated heterocycles. The highest BCUT2D eigenvalue weighted by Gasteiger charge is 2.27. The molecule has 26 heavy (non-hydrogen) atoms. The monoisotopic (exact) mass is 370 g/mol. The normalized spacial score (nSPS) is 13.4. The Hall–Kier alpha value is -2.67. The number of anilines is 1. The molecular formula is C19H18N2O4S. The van der Waals surface area contributed by atoms with Crippen LogP contribution in [0.2, 0.25) is 0 Å². The number of carbonyl (C=O) groups is 2. The van der Waals surface area contributed by atoms with Crippen molar-refractivity contribution in [3.05, 3.63) is 46.2 Å². The van der Waals surface area contributed by atoms with E-state index in [0.717, 1.165) is 31.2 Å². The van der Waals surface area contributed by atoms with Crippen LogP contribution in [0.4, 0.5) is 5.00 Å². The fourth-order valence-electron chi connectivity index (χ4n) is 3.25. The topological polar surface area (TPSA) is 81.4 Å². The van der Waals surface area contributed by atoms with E-state index in [2.05, 4.69) is 10.3 Å².